The molecule has 0 bridgehead atoms. The van der Waals surface area contributed by atoms with E-state index in [0.29, 0.717) is 26.0 Å². The molecule has 3 aromatic rings. The van der Waals surface area contributed by atoms with Crippen molar-refractivity contribution in [1.82, 2.24) is 5.43 Å². The summed E-state index contributed by atoms with van der Waals surface area (Å²) in [6.07, 6.45) is 1.43. The van der Waals surface area contributed by atoms with E-state index in [1.54, 1.807) is 36.4 Å². The number of nitrogens with one attached hydrogen (secondary N) is 1. The van der Waals surface area contributed by atoms with Crippen molar-refractivity contribution in [3.05, 3.63) is 91.0 Å². The molecule has 0 unspecified atom stereocenters. The van der Waals surface area contributed by atoms with Gasteiger partial charge in [0.2, 0.25) is 0 Å². The first-order valence-electron chi connectivity index (χ1n) is 8.99. The van der Waals surface area contributed by atoms with Crippen LogP contribution in [0.25, 0.3) is 0 Å². The molecule has 0 saturated heterocycles. The summed E-state index contributed by atoms with van der Waals surface area (Å²) in [5, 5.41) is 3.88. The topological polar surface area (TPSA) is 77.0 Å². The van der Waals surface area contributed by atoms with Gasteiger partial charge in [0.15, 0.2) is 6.61 Å². The van der Waals surface area contributed by atoms with Gasteiger partial charge in [-0.3, -0.25) is 4.79 Å². The molecule has 0 atom stereocenters. The van der Waals surface area contributed by atoms with Crippen LogP contribution in [-0.2, 0) is 4.79 Å². The van der Waals surface area contributed by atoms with E-state index in [0.717, 1.165) is 10.5 Å². The smallest absolute Gasteiger partial charge is 0.343 e. The third-order valence-corrected chi connectivity index (χ3v) is 5.50. The summed E-state index contributed by atoms with van der Waals surface area (Å²) in [7, 11) is 0. The second kappa shape index (κ2) is 11.3. The van der Waals surface area contributed by atoms with Gasteiger partial charge in [-0.25, -0.2) is 14.6 Å². The lowest BCUT2D eigenvalue weighted by atomic mass is 10.2. The minimum atomic E-state index is -0.665. The van der Waals surface area contributed by atoms with Crippen LogP contribution in [-0.4, -0.2) is 24.7 Å². The largest absolute Gasteiger partial charge is 0.481 e. The highest BCUT2D eigenvalue weighted by Gasteiger charge is 2.11. The lowest BCUT2D eigenvalue weighted by Gasteiger charge is -2.09. The maximum Gasteiger partial charge on any atom is 0.343 e. The summed E-state index contributed by atoms with van der Waals surface area (Å²) in [6.45, 7) is -0.231. The molecule has 0 aromatic heterocycles. The molecule has 0 fully saturated rings. The fourth-order valence-corrected chi connectivity index (χ4v) is 4.91. The predicted octanol–water partition coefficient (Wildman–Crippen LogP) is 5.86. The zero-order valence-electron chi connectivity index (χ0n) is 16.2. The van der Waals surface area contributed by atoms with Crippen molar-refractivity contribution >= 4 is 65.9 Å². The van der Waals surface area contributed by atoms with Crippen molar-refractivity contribution in [2.24, 2.45) is 5.10 Å². The molecule has 3 rings (SSSR count). The van der Waals surface area contributed by atoms with E-state index in [1.807, 2.05) is 0 Å². The first-order valence-corrected chi connectivity index (χ1v) is 11.4. The minimum Gasteiger partial charge on any atom is -0.481 e. The van der Waals surface area contributed by atoms with Crippen LogP contribution >= 0.6 is 47.8 Å². The van der Waals surface area contributed by atoms with Gasteiger partial charge in [0.1, 0.15) is 17.3 Å². The van der Waals surface area contributed by atoms with Crippen LogP contribution in [0.1, 0.15) is 15.9 Å². The van der Waals surface area contributed by atoms with E-state index in [-0.39, 0.29) is 12.2 Å². The van der Waals surface area contributed by atoms with Crippen LogP contribution in [0.15, 0.2) is 79.2 Å². The van der Waals surface area contributed by atoms with Crippen LogP contribution in [0.4, 0.5) is 4.39 Å². The summed E-state index contributed by atoms with van der Waals surface area (Å²) in [4.78, 5) is 24.0. The molecule has 0 aliphatic rings. The number of rotatable bonds is 7. The Morgan fingerprint density at radius 3 is 2.34 bits per heavy atom. The van der Waals surface area contributed by atoms with E-state index in [4.69, 9.17) is 9.47 Å². The average molecular weight is 629 g/mol. The second-order valence-corrected chi connectivity index (χ2v) is 8.87. The number of halogens is 4. The molecule has 0 aliphatic carbocycles. The number of carbonyl (C=O) groups is 2. The number of esters is 1. The fraction of sp³-hybridized carbons (Fsp3) is 0.0455. The zero-order chi connectivity index (χ0) is 23.1. The third kappa shape index (κ3) is 6.98. The molecule has 164 valence electrons. The van der Waals surface area contributed by atoms with Gasteiger partial charge in [-0.15, -0.1) is 0 Å². The molecule has 0 radical (unpaired) electrons. The maximum absolute atomic E-state index is 13.2. The molecule has 1 N–H and O–H groups in total. The number of ether oxygens (including phenoxy) is 2. The Labute approximate surface area is 208 Å². The average Bonchev–Trinajstić information content (AvgIpc) is 2.74. The Morgan fingerprint density at radius 2 is 1.69 bits per heavy atom. The maximum atomic E-state index is 13.2. The van der Waals surface area contributed by atoms with Crippen LogP contribution < -0.4 is 14.9 Å². The second-order valence-electron chi connectivity index (χ2n) is 6.25. The molecule has 10 heteroatoms. The van der Waals surface area contributed by atoms with Crippen molar-refractivity contribution in [1.29, 1.82) is 0 Å². The summed E-state index contributed by atoms with van der Waals surface area (Å²) in [5.74, 6) is -0.836. The molecule has 6 nitrogen and oxygen atoms in total. The zero-order valence-corrected chi connectivity index (χ0v) is 20.9. The molecular weight excluding hydrogens is 615 g/mol. The first kappa shape index (κ1) is 24.1. The Kier molecular flexibility index (Phi) is 8.54. The van der Waals surface area contributed by atoms with Gasteiger partial charge in [0, 0.05) is 4.47 Å². The van der Waals surface area contributed by atoms with Crippen molar-refractivity contribution in [2.75, 3.05) is 6.61 Å². The standard InChI is InChI=1S/C22H14Br3FN2O4/c23-15-9-18(24)21(19(25)10-15)31-12-20(29)28-27-11-13-4-6-17(7-5-13)32-22(30)14-2-1-3-16(26)8-14/h1-11H,12H2,(H,28,29)/b27-11-. The van der Waals surface area contributed by atoms with E-state index >= 15 is 0 Å². The Bertz CT molecular complexity index is 1150. The quantitative estimate of drug-likeness (QED) is 0.154. The third-order valence-electron chi connectivity index (χ3n) is 3.86. The number of hydrazone groups is 1. The lowest BCUT2D eigenvalue weighted by Crippen LogP contribution is -2.24. The van der Waals surface area contributed by atoms with E-state index in [9.17, 15) is 14.0 Å². The molecule has 32 heavy (non-hydrogen) atoms. The van der Waals surface area contributed by atoms with E-state index < -0.39 is 17.7 Å². The minimum absolute atomic E-state index is 0.114. The lowest BCUT2D eigenvalue weighted by molar-refractivity contribution is -0.123. The first-order chi connectivity index (χ1) is 15.3. The highest BCUT2D eigenvalue weighted by Crippen LogP contribution is 2.36. The van der Waals surface area contributed by atoms with Crippen molar-refractivity contribution in [3.63, 3.8) is 0 Å². The highest BCUT2D eigenvalue weighted by atomic mass is 79.9. The number of carbonyl (C=O) groups excluding carboxylic acids is 2. The molecule has 0 spiro atoms. The number of hydrogen-bond acceptors (Lipinski definition) is 5. The van der Waals surface area contributed by atoms with Crippen LogP contribution in [0.5, 0.6) is 11.5 Å². The summed E-state index contributed by atoms with van der Waals surface area (Å²) >= 11 is 10.1. The summed E-state index contributed by atoms with van der Waals surface area (Å²) in [5.41, 5.74) is 3.15. The Hall–Kier alpha value is -2.56. The fourth-order valence-electron chi connectivity index (χ4n) is 2.42. The highest BCUT2D eigenvalue weighted by molar-refractivity contribution is 9.11. The Balaban J connectivity index is 1.49. The van der Waals surface area contributed by atoms with Crippen LogP contribution in [0, 0.1) is 5.82 Å². The summed E-state index contributed by atoms with van der Waals surface area (Å²) in [6, 6.07) is 15.3. The number of benzene rings is 3. The number of amides is 1. The summed E-state index contributed by atoms with van der Waals surface area (Å²) < 4.78 is 26.2. The van der Waals surface area contributed by atoms with Gasteiger partial charge in [0.25, 0.3) is 5.91 Å². The molecular formula is C22H14Br3FN2O4. The molecule has 0 saturated carbocycles. The van der Waals surface area contributed by atoms with Gasteiger partial charge in [-0.05, 0) is 92.0 Å². The van der Waals surface area contributed by atoms with Crippen LogP contribution in [0.3, 0.4) is 0 Å². The van der Waals surface area contributed by atoms with Crippen molar-refractivity contribution in [2.45, 2.75) is 0 Å². The number of nitrogens with zero attached hydrogens (tertiary/aromatic N) is 1. The van der Waals surface area contributed by atoms with Crippen molar-refractivity contribution < 1.29 is 23.5 Å². The monoisotopic (exact) mass is 626 g/mol. The van der Waals surface area contributed by atoms with Gasteiger partial charge in [-0.2, -0.15) is 5.10 Å². The molecule has 0 aliphatic heterocycles. The molecule has 3 aromatic carbocycles. The van der Waals surface area contributed by atoms with Gasteiger partial charge >= 0.3 is 5.97 Å². The van der Waals surface area contributed by atoms with E-state index in [1.165, 1.54) is 24.4 Å². The van der Waals surface area contributed by atoms with Crippen molar-refractivity contribution in [3.8, 4) is 11.5 Å². The van der Waals surface area contributed by atoms with Gasteiger partial charge in [0.05, 0.1) is 20.7 Å². The molecule has 0 heterocycles. The predicted molar refractivity (Wildman–Crippen MR) is 129 cm³/mol. The van der Waals surface area contributed by atoms with Gasteiger partial charge < -0.3 is 9.47 Å². The Morgan fingerprint density at radius 1 is 1.00 bits per heavy atom. The SMILES string of the molecule is O=C(COc1c(Br)cc(Br)cc1Br)N/N=C\c1ccc(OC(=O)c2cccc(F)c2)cc1. The number of hydrogen-bond donors (Lipinski definition) is 1. The van der Waals surface area contributed by atoms with E-state index in [2.05, 4.69) is 58.3 Å². The van der Waals surface area contributed by atoms with Crippen LogP contribution in [0.2, 0.25) is 0 Å². The normalized spacial score (nSPS) is 10.8. The molecule has 1 amide bonds. The van der Waals surface area contributed by atoms with Gasteiger partial charge in [-0.1, -0.05) is 22.0 Å².